The van der Waals surface area contributed by atoms with Crippen molar-refractivity contribution < 1.29 is 0 Å². The third kappa shape index (κ3) is 4.14. The molecule has 2 heterocycles. The van der Waals surface area contributed by atoms with E-state index in [1.165, 1.54) is 10.4 Å². The molecule has 112 valence electrons. The molecule has 0 amide bonds. The number of benzene rings is 1. The summed E-state index contributed by atoms with van der Waals surface area (Å²) in [5, 5.41) is 2.10. The van der Waals surface area contributed by atoms with Crippen LogP contribution in [0.25, 0.3) is 0 Å². The van der Waals surface area contributed by atoms with Crippen LogP contribution in [0.4, 0.5) is 0 Å². The van der Waals surface area contributed by atoms with Gasteiger partial charge in [-0.25, -0.2) is 0 Å². The van der Waals surface area contributed by atoms with Gasteiger partial charge in [-0.05, 0) is 17.0 Å². The predicted molar refractivity (Wildman–Crippen MR) is 89.4 cm³/mol. The van der Waals surface area contributed by atoms with Crippen molar-refractivity contribution in [2.24, 2.45) is 5.73 Å². The average Bonchev–Trinajstić information content (AvgIpc) is 3.05. The summed E-state index contributed by atoms with van der Waals surface area (Å²) in [6, 6.07) is 15.1. The van der Waals surface area contributed by atoms with E-state index >= 15 is 0 Å². The largest absolute Gasteiger partial charge is 0.322 e. The van der Waals surface area contributed by atoms with Gasteiger partial charge in [-0.2, -0.15) is 0 Å². The standard InChI is InChI=1S/C17H23N3S/c18-16(17-7-4-12-21-17)14-20-10-8-19(9-11-20)13-15-5-2-1-3-6-15/h1-7,12,16H,8-11,13-14,18H2. The Bertz CT molecular complexity index is 518. The van der Waals surface area contributed by atoms with Gasteiger partial charge < -0.3 is 5.73 Å². The normalized spacial score (nSPS) is 18.7. The van der Waals surface area contributed by atoms with E-state index in [0.29, 0.717) is 0 Å². The second kappa shape index (κ2) is 7.18. The summed E-state index contributed by atoms with van der Waals surface area (Å²) in [5.41, 5.74) is 7.69. The fourth-order valence-corrected chi connectivity index (χ4v) is 3.56. The molecule has 1 saturated heterocycles. The van der Waals surface area contributed by atoms with Gasteiger partial charge in [0.25, 0.3) is 0 Å². The first kappa shape index (κ1) is 14.7. The van der Waals surface area contributed by atoms with Gasteiger partial charge >= 0.3 is 0 Å². The van der Waals surface area contributed by atoms with Crippen molar-refractivity contribution >= 4 is 11.3 Å². The molecule has 1 aliphatic heterocycles. The van der Waals surface area contributed by atoms with Crippen LogP contribution in [0.3, 0.4) is 0 Å². The summed E-state index contributed by atoms with van der Waals surface area (Å²) in [6.45, 7) is 6.53. The lowest BCUT2D eigenvalue weighted by molar-refractivity contribution is 0.122. The summed E-state index contributed by atoms with van der Waals surface area (Å²) < 4.78 is 0. The van der Waals surface area contributed by atoms with Crippen molar-refractivity contribution in [1.29, 1.82) is 0 Å². The lowest BCUT2D eigenvalue weighted by Crippen LogP contribution is -2.47. The van der Waals surface area contributed by atoms with Gasteiger partial charge in [0, 0.05) is 44.1 Å². The molecule has 1 atom stereocenters. The van der Waals surface area contributed by atoms with Gasteiger partial charge in [0.15, 0.2) is 0 Å². The lowest BCUT2D eigenvalue weighted by Gasteiger charge is -2.35. The number of rotatable bonds is 5. The van der Waals surface area contributed by atoms with E-state index in [4.69, 9.17) is 5.73 Å². The number of piperazine rings is 1. The smallest absolute Gasteiger partial charge is 0.0519 e. The van der Waals surface area contributed by atoms with Gasteiger partial charge in [-0.1, -0.05) is 36.4 Å². The van der Waals surface area contributed by atoms with Crippen molar-refractivity contribution in [2.75, 3.05) is 32.7 Å². The monoisotopic (exact) mass is 301 g/mol. The molecule has 0 saturated carbocycles. The molecule has 0 bridgehead atoms. The van der Waals surface area contributed by atoms with Crippen molar-refractivity contribution in [1.82, 2.24) is 9.80 Å². The van der Waals surface area contributed by atoms with Crippen LogP contribution in [0, 0.1) is 0 Å². The molecule has 3 nitrogen and oxygen atoms in total. The maximum Gasteiger partial charge on any atom is 0.0519 e. The van der Waals surface area contributed by atoms with Crippen molar-refractivity contribution in [3.8, 4) is 0 Å². The first-order chi connectivity index (χ1) is 10.3. The zero-order chi connectivity index (χ0) is 14.5. The van der Waals surface area contributed by atoms with Crippen LogP contribution in [0.1, 0.15) is 16.5 Å². The second-order valence-electron chi connectivity index (χ2n) is 5.68. The zero-order valence-corrected chi connectivity index (χ0v) is 13.1. The van der Waals surface area contributed by atoms with E-state index in [0.717, 1.165) is 39.3 Å². The van der Waals surface area contributed by atoms with E-state index in [1.807, 2.05) is 0 Å². The van der Waals surface area contributed by atoms with Gasteiger partial charge in [0.05, 0.1) is 6.04 Å². The maximum atomic E-state index is 6.28. The lowest BCUT2D eigenvalue weighted by atomic mass is 10.2. The van der Waals surface area contributed by atoms with Gasteiger partial charge in [0.1, 0.15) is 0 Å². The molecular weight excluding hydrogens is 278 g/mol. The quantitative estimate of drug-likeness (QED) is 0.921. The molecule has 2 N–H and O–H groups in total. The number of hydrogen-bond acceptors (Lipinski definition) is 4. The molecule has 1 aliphatic rings. The first-order valence-electron chi connectivity index (χ1n) is 7.59. The number of nitrogens with zero attached hydrogens (tertiary/aromatic N) is 2. The summed E-state index contributed by atoms with van der Waals surface area (Å²) in [6.07, 6.45) is 0. The topological polar surface area (TPSA) is 32.5 Å². The van der Waals surface area contributed by atoms with Crippen molar-refractivity contribution in [3.05, 3.63) is 58.3 Å². The predicted octanol–water partition coefficient (Wildman–Crippen LogP) is 2.57. The van der Waals surface area contributed by atoms with Crippen LogP contribution in [0.15, 0.2) is 47.8 Å². The first-order valence-corrected chi connectivity index (χ1v) is 8.47. The molecule has 1 fully saturated rings. The Morgan fingerprint density at radius 3 is 2.33 bits per heavy atom. The number of nitrogens with two attached hydrogens (primary N) is 1. The molecule has 0 radical (unpaired) electrons. The highest BCUT2D eigenvalue weighted by Crippen LogP contribution is 2.18. The van der Waals surface area contributed by atoms with E-state index in [-0.39, 0.29) is 6.04 Å². The fraction of sp³-hybridized carbons (Fsp3) is 0.412. The summed E-state index contributed by atoms with van der Waals surface area (Å²) in [7, 11) is 0. The summed E-state index contributed by atoms with van der Waals surface area (Å²) in [4.78, 5) is 6.32. The molecule has 3 rings (SSSR count). The van der Waals surface area contributed by atoms with Crippen molar-refractivity contribution in [3.63, 3.8) is 0 Å². The Balaban J connectivity index is 1.45. The Labute approximate surface area is 131 Å². The molecule has 0 aliphatic carbocycles. The molecular formula is C17H23N3S. The highest BCUT2D eigenvalue weighted by molar-refractivity contribution is 7.10. The van der Waals surface area contributed by atoms with E-state index in [1.54, 1.807) is 11.3 Å². The van der Waals surface area contributed by atoms with Gasteiger partial charge in [0.2, 0.25) is 0 Å². The Kier molecular flexibility index (Phi) is 5.04. The van der Waals surface area contributed by atoms with Crippen LogP contribution < -0.4 is 5.73 Å². The number of hydrogen-bond donors (Lipinski definition) is 1. The van der Waals surface area contributed by atoms with Gasteiger partial charge in [-0.3, -0.25) is 9.80 Å². The van der Waals surface area contributed by atoms with Crippen LogP contribution in [-0.2, 0) is 6.54 Å². The minimum Gasteiger partial charge on any atom is -0.322 e. The van der Waals surface area contributed by atoms with E-state index in [9.17, 15) is 0 Å². The molecule has 21 heavy (non-hydrogen) atoms. The Morgan fingerprint density at radius 2 is 1.67 bits per heavy atom. The SMILES string of the molecule is NC(CN1CCN(Cc2ccccc2)CC1)c1cccs1. The summed E-state index contributed by atoms with van der Waals surface area (Å²) >= 11 is 1.76. The minimum absolute atomic E-state index is 0.158. The number of thiophene rings is 1. The molecule has 0 spiro atoms. The zero-order valence-electron chi connectivity index (χ0n) is 12.3. The molecule has 4 heteroatoms. The third-order valence-electron chi connectivity index (χ3n) is 4.08. The van der Waals surface area contributed by atoms with Crippen LogP contribution in [-0.4, -0.2) is 42.5 Å². The molecule has 1 unspecified atom stereocenters. The maximum absolute atomic E-state index is 6.28. The average molecular weight is 301 g/mol. The Morgan fingerprint density at radius 1 is 0.952 bits per heavy atom. The summed E-state index contributed by atoms with van der Waals surface area (Å²) in [5.74, 6) is 0. The van der Waals surface area contributed by atoms with E-state index in [2.05, 4.69) is 57.6 Å². The third-order valence-corrected chi connectivity index (χ3v) is 5.08. The minimum atomic E-state index is 0.158. The van der Waals surface area contributed by atoms with E-state index < -0.39 is 0 Å². The second-order valence-corrected chi connectivity index (χ2v) is 6.66. The van der Waals surface area contributed by atoms with Crippen LogP contribution in [0.2, 0.25) is 0 Å². The van der Waals surface area contributed by atoms with Crippen LogP contribution >= 0.6 is 11.3 Å². The highest BCUT2D eigenvalue weighted by atomic mass is 32.1. The van der Waals surface area contributed by atoms with Gasteiger partial charge in [-0.15, -0.1) is 11.3 Å². The molecule has 1 aromatic carbocycles. The fourth-order valence-electron chi connectivity index (χ4n) is 2.84. The molecule has 1 aromatic heterocycles. The Hall–Kier alpha value is -1.20. The van der Waals surface area contributed by atoms with Crippen molar-refractivity contribution in [2.45, 2.75) is 12.6 Å². The molecule has 2 aromatic rings. The van der Waals surface area contributed by atoms with Crippen LogP contribution in [0.5, 0.6) is 0 Å². The highest BCUT2D eigenvalue weighted by Gasteiger charge is 2.19.